The molecule has 15 heavy (non-hydrogen) atoms. The lowest BCUT2D eigenvalue weighted by atomic mass is 10.00. The summed E-state index contributed by atoms with van der Waals surface area (Å²) in [6, 6.07) is 1.93. The van der Waals surface area contributed by atoms with E-state index in [1.54, 1.807) is 12.4 Å². The first kappa shape index (κ1) is 12.5. The average molecular weight is 228 g/mol. The van der Waals surface area contributed by atoms with Gasteiger partial charge in [0.2, 0.25) is 0 Å². The van der Waals surface area contributed by atoms with Gasteiger partial charge in [-0.3, -0.25) is 4.98 Å². The third kappa shape index (κ3) is 4.18. The summed E-state index contributed by atoms with van der Waals surface area (Å²) in [6.45, 7) is 4.06. The minimum atomic E-state index is -0.203. The lowest BCUT2D eigenvalue weighted by Gasteiger charge is -2.13. The van der Waals surface area contributed by atoms with Crippen LogP contribution in [-0.2, 0) is 6.42 Å². The maximum absolute atomic E-state index is 9.63. The number of hydrogen-bond acceptors (Lipinski definition) is 2. The van der Waals surface area contributed by atoms with Gasteiger partial charge in [-0.25, -0.2) is 0 Å². The number of rotatable bonds is 5. The molecule has 0 spiro atoms. The molecule has 1 rings (SSSR count). The van der Waals surface area contributed by atoms with E-state index >= 15 is 0 Å². The molecule has 0 aliphatic carbocycles. The normalized spacial score (nSPS) is 13.1. The molecule has 1 aromatic rings. The van der Waals surface area contributed by atoms with Crippen LogP contribution in [0.1, 0.15) is 32.3 Å². The van der Waals surface area contributed by atoms with Gasteiger partial charge in [0, 0.05) is 12.4 Å². The Balaban J connectivity index is 2.35. The third-order valence-corrected chi connectivity index (χ3v) is 2.91. The standard InChI is InChI=1S/C12H18ClNO/c1-9(2)12(15)5-3-4-10-6-7-14-8-11(10)13/h6-9,12,15H,3-5H2,1-2H3. The zero-order valence-corrected chi connectivity index (χ0v) is 10.0. The van der Waals surface area contributed by atoms with Crippen molar-refractivity contribution in [3.8, 4) is 0 Å². The fourth-order valence-corrected chi connectivity index (χ4v) is 1.66. The van der Waals surface area contributed by atoms with E-state index in [0.717, 1.165) is 29.8 Å². The summed E-state index contributed by atoms with van der Waals surface area (Å²) in [7, 11) is 0. The highest BCUT2D eigenvalue weighted by atomic mass is 35.5. The lowest BCUT2D eigenvalue weighted by molar-refractivity contribution is 0.114. The van der Waals surface area contributed by atoms with E-state index in [4.69, 9.17) is 11.6 Å². The van der Waals surface area contributed by atoms with Crippen LogP contribution in [0.2, 0.25) is 5.02 Å². The van der Waals surface area contributed by atoms with Gasteiger partial charge in [0.25, 0.3) is 0 Å². The van der Waals surface area contributed by atoms with Crippen LogP contribution in [0.4, 0.5) is 0 Å². The van der Waals surface area contributed by atoms with Crippen molar-refractivity contribution in [3.05, 3.63) is 29.0 Å². The van der Waals surface area contributed by atoms with Crippen molar-refractivity contribution in [1.82, 2.24) is 4.98 Å². The zero-order valence-electron chi connectivity index (χ0n) is 9.28. The molecular weight excluding hydrogens is 210 g/mol. The molecule has 1 N–H and O–H groups in total. The monoisotopic (exact) mass is 227 g/mol. The molecule has 0 aromatic carbocycles. The molecule has 1 aromatic heterocycles. The lowest BCUT2D eigenvalue weighted by Crippen LogP contribution is -2.14. The Kier molecular flexibility index (Phi) is 5.06. The second-order valence-electron chi connectivity index (χ2n) is 4.17. The van der Waals surface area contributed by atoms with Gasteiger partial charge >= 0.3 is 0 Å². The Bertz CT molecular complexity index is 301. The molecule has 1 heterocycles. The molecule has 1 atom stereocenters. The first-order chi connectivity index (χ1) is 7.11. The van der Waals surface area contributed by atoms with Crippen LogP contribution in [0.25, 0.3) is 0 Å². The summed E-state index contributed by atoms with van der Waals surface area (Å²) in [5, 5.41) is 10.3. The number of aliphatic hydroxyl groups excluding tert-OH is 1. The summed E-state index contributed by atoms with van der Waals surface area (Å²) in [5.74, 6) is 0.331. The SMILES string of the molecule is CC(C)C(O)CCCc1ccncc1Cl. The van der Waals surface area contributed by atoms with E-state index in [1.807, 2.05) is 19.9 Å². The van der Waals surface area contributed by atoms with E-state index in [1.165, 1.54) is 0 Å². The topological polar surface area (TPSA) is 33.1 Å². The Labute approximate surface area is 96.3 Å². The van der Waals surface area contributed by atoms with Crippen LogP contribution in [0.15, 0.2) is 18.5 Å². The first-order valence-electron chi connectivity index (χ1n) is 5.37. The van der Waals surface area contributed by atoms with E-state index in [-0.39, 0.29) is 6.10 Å². The number of hydrogen-bond donors (Lipinski definition) is 1. The largest absolute Gasteiger partial charge is 0.393 e. The highest BCUT2D eigenvalue weighted by molar-refractivity contribution is 6.31. The van der Waals surface area contributed by atoms with Crippen molar-refractivity contribution in [2.24, 2.45) is 5.92 Å². The van der Waals surface area contributed by atoms with E-state index < -0.39 is 0 Å². The summed E-state index contributed by atoms with van der Waals surface area (Å²) in [6.07, 6.45) is 5.91. The van der Waals surface area contributed by atoms with Crippen molar-refractivity contribution >= 4 is 11.6 Å². The molecule has 1 unspecified atom stereocenters. The van der Waals surface area contributed by atoms with Gasteiger partial charge < -0.3 is 5.11 Å². The minimum absolute atomic E-state index is 0.203. The fraction of sp³-hybridized carbons (Fsp3) is 0.583. The number of aromatic nitrogens is 1. The quantitative estimate of drug-likeness (QED) is 0.839. The molecule has 0 saturated carbocycles. The predicted octanol–water partition coefficient (Wildman–Crippen LogP) is 3.07. The Morgan fingerprint density at radius 1 is 1.47 bits per heavy atom. The molecular formula is C12H18ClNO. The van der Waals surface area contributed by atoms with E-state index in [9.17, 15) is 5.11 Å². The summed E-state index contributed by atoms with van der Waals surface area (Å²) in [4.78, 5) is 3.94. The van der Waals surface area contributed by atoms with Gasteiger partial charge in [-0.1, -0.05) is 25.4 Å². The first-order valence-corrected chi connectivity index (χ1v) is 5.75. The molecule has 0 bridgehead atoms. The van der Waals surface area contributed by atoms with Crippen LogP contribution in [0.3, 0.4) is 0 Å². The van der Waals surface area contributed by atoms with Crippen molar-refractivity contribution in [2.75, 3.05) is 0 Å². The number of nitrogens with zero attached hydrogens (tertiary/aromatic N) is 1. The van der Waals surface area contributed by atoms with Crippen LogP contribution in [0, 0.1) is 5.92 Å². The van der Waals surface area contributed by atoms with Gasteiger partial charge in [0.05, 0.1) is 11.1 Å². The molecule has 0 radical (unpaired) electrons. The second kappa shape index (κ2) is 6.09. The summed E-state index contributed by atoms with van der Waals surface area (Å²) >= 11 is 5.98. The Hall–Kier alpha value is -0.600. The minimum Gasteiger partial charge on any atom is -0.393 e. The molecule has 3 heteroatoms. The van der Waals surface area contributed by atoms with Crippen LogP contribution < -0.4 is 0 Å². The molecule has 0 amide bonds. The number of halogens is 1. The zero-order chi connectivity index (χ0) is 11.3. The fourth-order valence-electron chi connectivity index (χ4n) is 1.44. The number of aryl methyl sites for hydroxylation is 1. The van der Waals surface area contributed by atoms with Gasteiger partial charge in [-0.15, -0.1) is 0 Å². The number of pyridine rings is 1. The molecule has 0 aliphatic rings. The van der Waals surface area contributed by atoms with Crippen LogP contribution in [-0.4, -0.2) is 16.2 Å². The second-order valence-corrected chi connectivity index (χ2v) is 4.58. The highest BCUT2D eigenvalue weighted by Crippen LogP contribution is 2.17. The Morgan fingerprint density at radius 2 is 2.20 bits per heavy atom. The molecule has 0 fully saturated rings. The van der Waals surface area contributed by atoms with Crippen LogP contribution >= 0.6 is 11.6 Å². The van der Waals surface area contributed by atoms with Crippen molar-refractivity contribution in [3.63, 3.8) is 0 Å². The smallest absolute Gasteiger partial charge is 0.0621 e. The number of aliphatic hydroxyl groups is 1. The van der Waals surface area contributed by atoms with Gasteiger partial charge in [-0.2, -0.15) is 0 Å². The van der Waals surface area contributed by atoms with Gasteiger partial charge in [0.15, 0.2) is 0 Å². The Morgan fingerprint density at radius 3 is 2.80 bits per heavy atom. The van der Waals surface area contributed by atoms with E-state index in [2.05, 4.69) is 4.98 Å². The van der Waals surface area contributed by atoms with Gasteiger partial charge in [-0.05, 0) is 36.8 Å². The molecule has 0 aliphatic heterocycles. The summed E-state index contributed by atoms with van der Waals surface area (Å²) < 4.78 is 0. The third-order valence-electron chi connectivity index (χ3n) is 2.57. The van der Waals surface area contributed by atoms with Gasteiger partial charge in [0.1, 0.15) is 0 Å². The maximum atomic E-state index is 9.63. The molecule has 84 valence electrons. The molecule has 0 saturated heterocycles. The van der Waals surface area contributed by atoms with Crippen molar-refractivity contribution in [1.29, 1.82) is 0 Å². The predicted molar refractivity (Wildman–Crippen MR) is 63.0 cm³/mol. The maximum Gasteiger partial charge on any atom is 0.0621 e. The van der Waals surface area contributed by atoms with Crippen LogP contribution in [0.5, 0.6) is 0 Å². The van der Waals surface area contributed by atoms with E-state index in [0.29, 0.717) is 5.92 Å². The van der Waals surface area contributed by atoms with Crippen molar-refractivity contribution in [2.45, 2.75) is 39.2 Å². The molecule has 2 nitrogen and oxygen atoms in total. The average Bonchev–Trinajstić information content (AvgIpc) is 2.20. The van der Waals surface area contributed by atoms with Crippen molar-refractivity contribution < 1.29 is 5.11 Å². The highest BCUT2D eigenvalue weighted by Gasteiger charge is 2.08. The summed E-state index contributed by atoms with van der Waals surface area (Å²) in [5.41, 5.74) is 1.11.